The summed E-state index contributed by atoms with van der Waals surface area (Å²) in [5, 5.41) is 4.11. The van der Waals surface area contributed by atoms with Crippen molar-refractivity contribution in [2.24, 2.45) is 0 Å². The SMILES string of the molecule is CC(Nc1ncc2ccccc2n1)c1ccccc1F. The zero-order valence-electron chi connectivity index (χ0n) is 11.0. The van der Waals surface area contributed by atoms with Gasteiger partial charge in [-0.05, 0) is 19.1 Å². The Bertz CT molecular complexity index is 742. The molecule has 20 heavy (non-hydrogen) atoms. The van der Waals surface area contributed by atoms with E-state index in [1.807, 2.05) is 37.3 Å². The molecule has 3 aromatic rings. The Labute approximate surface area is 116 Å². The molecule has 3 rings (SSSR count). The van der Waals surface area contributed by atoms with Crippen LogP contribution in [-0.4, -0.2) is 9.97 Å². The largest absolute Gasteiger partial charge is 0.348 e. The summed E-state index contributed by atoms with van der Waals surface area (Å²) < 4.78 is 13.7. The van der Waals surface area contributed by atoms with Crippen LogP contribution in [0.25, 0.3) is 10.9 Å². The number of benzene rings is 2. The van der Waals surface area contributed by atoms with Crippen molar-refractivity contribution in [3.63, 3.8) is 0 Å². The molecule has 1 heterocycles. The summed E-state index contributed by atoms with van der Waals surface area (Å²) in [5.74, 6) is 0.271. The lowest BCUT2D eigenvalue weighted by atomic mass is 10.1. The Morgan fingerprint density at radius 3 is 2.65 bits per heavy atom. The summed E-state index contributed by atoms with van der Waals surface area (Å²) in [5.41, 5.74) is 1.47. The minimum absolute atomic E-state index is 0.197. The summed E-state index contributed by atoms with van der Waals surface area (Å²) in [6.07, 6.45) is 1.76. The molecule has 100 valence electrons. The van der Waals surface area contributed by atoms with Crippen LogP contribution < -0.4 is 5.32 Å². The molecular weight excluding hydrogens is 253 g/mol. The molecule has 0 radical (unpaired) electrons. The Morgan fingerprint density at radius 1 is 1.05 bits per heavy atom. The van der Waals surface area contributed by atoms with Crippen LogP contribution in [0, 0.1) is 5.82 Å². The second-order valence-corrected chi connectivity index (χ2v) is 4.64. The summed E-state index contributed by atoms with van der Waals surface area (Å²) in [4.78, 5) is 8.68. The normalized spacial score (nSPS) is 12.3. The fourth-order valence-electron chi connectivity index (χ4n) is 2.14. The molecule has 0 spiro atoms. The number of nitrogens with one attached hydrogen (secondary N) is 1. The molecule has 4 heteroatoms. The van der Waals surface area contributed by atoms with Crippen LogP contribution in [0.5, 0.6) is 0 Å². The average Bonchev–Trinajstić information content (AvgIpc) is 2.47. The molecule has 0 aliphatic heterocycles. The molecule has 0 saturated heterocycles. The Balaban J connectivity index is 1.87. The molecule has 2 aromatic carbocycles. The molecule has 0 aliphatic rings. The number of nitrogens with zero attached hydrogens (tertiary/aromatic N) is 2. The van der Waals surface area contributed by atoms with Crippen molar-refractivity contribution in [2.75, 3.05) is 5.32 Å². The van der Waals surface area contributed by atoms with Crippen LogP contribution in [0.4, 0.5) is 10.3 Å². The van der Waals surface area contributed by atoms with E-state index in [-0.39, 0.29) is 11.9 Å². The Morgan fingerprint density at radius 2 is 1.80 bits per heavy atom. The van der Waals surface area contributed by atoms with Gasteiger partial charge in [0.15, 0.2) is 0 Å². The first kappa shape index (κ1) is 12.5. The topological polar surface area (TPSA) is 37.8 Å². The fourth-order valence-corrected chi connectivity index (χ4v) is 2.14. The van der Waals surface area contributed by atoms with Crippen molar-refractivity contribution in [3.05, 3.63) is 66.1 Å². The summed E-state index contributed by atoms with van der Waals surface area (Å²) in [6.45, 7) is 1.89. The van der Waals surface area contributed by atoms with Crippen molar-refractivity contribution in [1.82, 2.24) is 9.97 Å². The van der Waals surface area contributed by atoms with Gasteiger partial charge in [-0.2, -0.15) is 0 Å². The maximum absolute atomic E-state index is 13.7. The van der Waals surface area contributed by atoms with Crippen molar-refractivity contribution in [2.45, 2.75) is 13.0 Å². The van der Waals surface area contributed by atoms with Gasteiger partial charge in [0.2, 0.25) is 5.95 Å². The fraction of sp³-hybridized carbons (Fsp3) is 0.125. The van der Waals surface area contributed by atoms with E-state index in [9.17, 15) is 4.39 Å². The standard InChI is InChI=1S/C16H14FN3/c1-11(13-7-3-4-8-14(13)17)19-16-18-10-12-6-2-5-9-15(12)20-16/h2-11H,1H3,(H,18,19,20). The van der Waals surface area contributed by atoms with Gasteiger partial charge in [0.1, 0.15) is 5.82 Å². The molecule has 3 nitrogen and oxygen atoms in total. The molecule has 0 amide bonds. The van der Waals surface area contributed by atoms with E-state index < -0.39 is 0 Å². The van der Waals surface area contributed by atoms with Crippen LogP contribution in [0.1, 0.15) is 18.5 Å². The van der Waals surface area contributed by atoms with E-state index in [1.165, 1.54) is 6.07 Å². The van der Waals surface area contributed by atoms with Gasteiger partial charge < -0.3 is 5.32 Å². The van der Waals surface area contributed by atoms with Gasteiger partial charge in [0.05, 0.1) is 11.6 Å². The van der Waals surface area contributed by atoms with Gasteiger partial charge in [-0.3, -0.25) is 0 Å². The highest BCUT2D eigenvalue weighted by atomic mass is 19.1. The minimum atomic E-state index is -0.228. The molecule has 0 saturated carbocycles. The zero-order chi connectivity index (χ0) is 13.9. The highest BCUT2D eigenvalue weighted by molar-refractivity contribution is 5.78. The monoisotopic (exact) mass is 267 g/mol. The minimum Gasteiger partial charge on any atom is -0.348 e. The Kier molecular flexibility index (Phi) is 3.29. The summed E-state index contributed by atoms with van der Waals surface area (Å²) in [7, 11) is 0. The number of halogens is 1. The second-order valence-electron chi connectivity index (χ2n) is 4.64. The maximum atomic E-state index is 13.7. The zero-order valence-corrected chi connectivity index (χ0v) is 11.0. The quantitative estimate of drug-likeness (QED) is 0.781. The third-order valence-electron chi connectivity index (χ3n) is 3.21. The van der Waals surface area contributed by atoms with Crippen molar-refractivity contribution < 1.29 is 4.39 Å². The first-order valence-corrected chi connectivity index (χ1v) is 6.47. The molecular formula is C16H14FN3. The smallest absolute Gasteiger partial charge is 0.223 e. The summed E-state index contributed by atoms with van der Waals surface area (Å²) >= 11 is 0. The third kappa shape index (κ3) is 2.45. The average molecular weight is 267 g/mol. The number of rotatable bonds is 3. The van der Waals surface area contributed by atoms with E-state index in [4.69, 9.17) is 0 Å². The Hall–Kier alpha value is -2.49. The molecule has 1 unspecified atom stereocenters. The van der Waals surface area contributed by atoms with Crippen LogP contribution >= 0.6 is 0 Å². The lowest BCUT2D eigenvalue weighted by Gasteiger charge is -2.15. The summed E-state index contributed by atoms with van der Waals surface area (Å²) in [6, 6.07) is 14.3. The predicted molar refractivity (Wildman–Crippen MR) is 78.0 cm³/mol. The highest BCUT2D eigenvalue weighted by Crippen LogP contribution is 2.20. The van der Waals surface area contributed by atoms with Gasteiger partial charge in [-0.1, -0.05) is 36.4 Å². The van der Waals surface area contributed by atoms with E-state index >= 15 is 0 Å². The van der Waals surface area contributed by atoms with Crippen LogP contribution in [0.15, 0.2) is 54.7 Å². The number of para-hydroxylation sites is 1. The molecule has 1 N–H and O–H groups in total. The van der Waals surface area contributed by atoms with E-state index in [0.717, 1.165) is 10.9 Å². The van der Waals surface area contributed by atoms with Crippen molar-refractivity contribution in [1.29, 1.82) is 0 Å². The molecule has 1 atom stereocenters. The van der Waals surface area contributed by atoms with Gasteiger partial charge in [-0.25, -0.2) is 14.4 Å². The van der Waals surface area contributed by atoms with Gasteiger partial charge >= 0.3 is 0 Å². The van der Waals surface area contributed by atoms with Crippen LogP contribution in [-0.2, 0) is 0 Å². The van der Waals surface area contributed by atoms with E-state index in [0.29, 0.717) is 11.5 Å². The van der Waals surface area contributed by atoms with Crippen LogP contribution in [0.2, 0.25) is 0 Å². The first-order valence-electron chi connectivity index (χ1n) is 6.47. The molecule has 1 aromatic heterocycles. The number of fused-ring (bicyclic) bond motifs is 1. The van der Waals surface area contributed by atoms with Crippen LogP contribution in [0.3, 0.4) is 0 Å². The molecule has 0 bridgehead atoms. The van der Waals surface area contributed by atoms with Crippen molar-refractivity contribution >= 4 is 16.9 Å². The molecule has 0 fully saturated rings. The van der Waals surface area contributed by atoms with Gasteiger partial charge in [0, 0.05) is 17.1 Å². The number of hydrogen-bond acceptors (Lipinski definition) is 3. The lowest BCUT2D eigenvalue weighted by Crippen LogP contribution is -2.10. The predicted octanol–water partition coefficient (Wildman–Crippen LogP) is 3.94. The van der Waals surface area contributed by atoms with Crippen molar-refractivity contribution in [3.8, 4) is 0 Å². The van der Waals surface area contributed by atoms with E-state index in [1.54, 1.807) is 18.3 Å². The lowest BCUT2D eigenvalue weighted by molar-refractivity contribution is 0.599. The maximum Gasteiger partial charge on any atom is 0.223 e. The molecule has 0 aliphatic carbocycles. The number of hydrogen-bond donors (Lipinski definition) is 1. The second kappa shape index (κ2) is 5.25. The van der Waals surface area contributed by atoms with Gasteiger partial charge in [-0.15, -0.1) is 0 Å². The van der Waals surface area contributed by atoms with Gasteiger partial charge in [0.25, 0.3) is 0 Å². The van der Waals surface area contributed by atoms with E-state index in [2.05, 4.69) is 15.3 Å². The number of anilines is 1. The third-order valence-corrected chi connectivity index (χ3v) is 3.21. The first-order chi connectivity index (χ1) is 9.74. The number of aromatic nitrogens is 2. The highest BCUT2D eigenvalue weighted by Gasteiger charge is 2.11.